The third-order valence-electron chi connectivity index (χ3n) is 3.10. The van der Waals surface area contributed by atoms with Gasteiger partial charge < -0.3 is 21.1 Å². The highest BCUT2D eigenvalue weighted by atomic mass is 19.4. The predicted molar refractivity (Wildman–Crippen MR) is 92.8 cm³/mol. The number of aliphatic imine (C=N–C) groups is 1. The first-order valence-electron chi connectivity index (χ1n) is 7.65. The molecule has 134 valence electrons. The maximum Gasteiger partial charge on any atom is 0.573 e. The van der Waals surface area contributed by atoms with Crippen molar-refractivity contribution in [3.63, 3.8) is 0 Å². The van der Waals surface area contributed by atoms with Gasteiger partial charge in [0, 0.05) is 18.8 Å². The summed E-state index contributed by atoms with van der Waals surface area (Å²) in [4.78, 5) is 4.09. The van der Waals surface area contributed by atoms with Crippen molar-refractivity contribution in [3.05, 3.63) is 54.6 Å². The lowest BCUT2D eigenvalue weighted by molar-refractivity contribution is -0.274. The Hall–Kier alpha value is -2.90. The van der Waals surface area contributed by atoms with Crippen molar-refractivity contribution in [3.8, 4) is 5.75 Å². The summed E-state index contributed by atoms with van der Waals surface area (Å²) >= 11 is 0. The van der Waals surface area contributed by atoms with Crippen molar-refractivity contribution in [2.24, 2.45) is 10.7 Å². The summed E-state index contributed by atoms with van der Waals surface area (Å²) in [6.07, 6.45) is -4.05. The van der Waals surface area contributed by atoms with Gasteiger partial charge in [-0.2, -0.15) is 0 Å². The van der Waals surface area contributed by atoms with Crippen molar-refractivity contribution >= 4 is 17.3 Å². The standard InChI is InChI=1S/C17H19F3N4O/c18-17(19,20)25-15-10-5-4-9-14(15)24-16(21)23-12-6-11-22-13-7-2-1-3-8-13/h1-5,7-10,22H,6,11-12H2,(H3,21,23,24). The molecule has 0 aliphatic heterocycles. The molecule has 0 fully saturated rings. The van der Waals surface area contributed by atoms with Crippen LogP contribution in [0.4, 0.5) is 24.5 Å². The minimum Gasteiger partial charge on any atom is -0.404 e. The molecule has 2 aromatic rings. The second-order valence-corrected chi connectivity index (χ2v) is 5.08. The number of hydrogen-bond acceptors (Lipinski definition) is 3. The maximum absolute atomic E-state index is 12.4. The number of para-hydroxylation sites is 3. The second-order valence-electron chi connectivity index (χ2n) is 5.08. The second kappa shape index (κ2) is 8.81. The zero-order valence-electron chi connectivity index (χ0n) is 13.4. The molecule has 0 amide bonds. The van der Waals surface area contributed by atoms with E-state index in [2.05, 4.69) is 20.4 Å². The Morgan fingerprint density at radius 2 is 1.72 bits per heavy atom. The van der Waals surface area contributed by atoms with Crippen LogP contribution in [0.25, 0.3) is 0 Å². The van der Waals surface area contributed by atoms with E-state index in [1.54, 1.807) is 6.07 Å². The van der Waals surface area contributed by atoms with Crippen molar-refractivity contribution in [2.75, 3.05) is 23.7 Å². The van der Waals surface area contributed by atoms with Gasteiger partial charge in [-0.15, -0.1) is 13.2 Å². The molecule has 2 aromatic carbocycles. The van der Waals surface area contributed by atoms with Crippen LogP contribution in [0.3, 0.4) is 0 Å². The first-order chi connectivity index (χ1) is 11.9. The van der Waals surface area contributed by atoms with Crippen LogP contribution in [0.2, 0.25) is 0 Å². The molecule has 0 atom stereocenters. The average molecular weight is 352 g/mol. The van der Waals surface area contributed by atoms with E-state index in [4.69, 9.17) is 5.73 Å². The Kier molecular flexibility index (Phi) is 6.50. The number of rotatable bonds is 7. The summed E-state index contributed by atoms with van der Waals surface area (Å²) in [6.45, 7) is 1.13. The van der Waals surface area contributed by atoms with Crippen LogP contribution in [0.15, 0.2) is 59.6 Å². The molecule has 8 heteroatoms. The lowest BCUT2D eigenvalue weighted by Gasteiger charge is -2.14. The van der Waals surface area contributed by atoms with E-state index >= 15 is 0 Å². The van der Waals surface area contributed by atoms with Crippen LogP contribution in [0, 0.1) is 0 Å². The number of nitrogens with one attached hydrogen (secondary N) is 2. The third kappa shape index (κ3) is 7.03. The zero-order valence-corrected chi connectivity index (χ0v) is 13.4. The van der Waals surface area contributed by atoms with Gasteiger partial charge in [0.1, 0.15) is 0 Å². The van der Waals surface area contributed by atoms with E-state index in [1.165, 1.54) is 18.2 Å². The number of anilines is 2. The number of benzene rings is 2. The quantitative estimate of drug-likeness (QED) is 0.402. The van der Waals surface area contributed by atoms with Gasteiger partial charge in [0.2, 0.25) is 0 Å². The van der Waals surface area contributed by atoms with Crippen LogP contribution >= 0.6 is 0 Å². The number of halogens is 3. The van der Waals surface area contributed by atoms with E-state index in [0.29, 0.717) is 13.1 Å². The summed E-state index contributed by atoms with van der Waals surface area (Å²) in [5.74, 6) is -0.336. The predicted octanol–water partition coefficient (Wildman–Crippen LogP) is 3.81. The highest BCUT2D eigenvalue weighted by molar-refractivity contribution is 5.93. The molecule has 5 nitrogen and oxygen atoms in total. The van der Waals surface area contributed by atoms with Crippen LogP contribution in [0.1, 0.15) is 6.42 Å². The topological polar surface area (TPSA) is 71.7 Å². The first-order valence-corrected chi connectivity index (χ1v) is 7.65. The Morgan fingerprint density at radius 3 is 2.44 bits per heavy atom. The van der Waals surface area contributed by atoms with Gasteiger partial charge in [0.15, 0.2) is 11.7 Å². The third-order valence-corrected chi connectivity index (χ3v) is 3.10. The molecule has 0 aromatic heterocycles. The molecule has 25 heavy (non-hydrogen) atoms. The highest BCUT2D eigenvalue weighted by Gasteiger charge is 2.32. The van der Waals surface area contributed by atoms with Crippen molar-refractivity contribution in [1.29, 1.82) is 0 Å². The summed E-state index contributed by atoms with van der Waals surface area (Å²) in [7, 11) is 0. The Morgan fingerprint density at radius 1 is 1.04 bits per heavy atom. The Balaban J connectivity index is 1.81. The molecule has 0 unspecified atom stereocenters. The molecule has 2 rings (SSSR count). The van der Waals surface area contributed by atoms with E-state index in [9.17, 15) is 13.2 Å². The normalized spacial score (nSPS) is 11.9. The first kappa shape index (κ1) is 18.4. The van der Waals surface area contributed by atoms with Gasteiger partial charge in [0.05, 0.1) is 5.69 Å². The fourth-order valence-electron chi connectivity index (χ4n) is 2.03. The molecule has 0 aliphatic rings. The fourth-order valence-corrected chi connectivity index (χ4v) is 2.03. The minimum atomic E-state index is -4.77. The van der Waals surface area contributed by atoms with Crippen LogP contribution in [0.5, 0.6) is 5.75 Å². The van der Waals surface area contributed by atoms with Crippen molar-refractivity contribution < 1.29 is 17.9 Å². The van der Waals surface area contributed by atoms with Gasteiger partial charge in [-0.25, -0.2) is 0 Å². The van der Waals surface area contributed by atoms with Crippen LogP contribution < -0.4 is 21.1 Å². The molecule has 0 heterocycles. The van der Waals surface area contributed by atoms with Gasteiger partial charge in [-0.1, -0.05) is 30.3 Å². The molecular formula is C17H19F3N4O. The zero-order chi connectivity index (χ0) is 18.1. The van der Waals surface area contributed by atoms with E-state index in [0.717, 1.165) is 12.1 Å². The van der Waals surface area contributed by atoms with E-state index in [1.807, 2.05) is 30.3 Å². The minimum absolute atomic E-state index is 0.0259. The highest BCUT2D eigenvalue weighted by Crippen LogP contribution is 2.29. The number of hydrogen-bond donors (Lipinski definition) is 3. The van der Waals surface area contributed by atoms with E-state index < -0.39 is 6.36 Å². The average Bonchev–Trinajstić information content (AvgIpc) is 2.56. The van der Waals surface area contributed by atoms with Crippen LogP contribution in [-0.4, -0.2) is 25.4 Å². The monoisotopic (exact) mass is 352 g/mol. The Bertz CT molecular complexity index is 690. The molecular weight excluding hydrogens is 333 g/mol. The number of nitrogens with two attached hydrogens (primary N) is 1. The molecule has 0 saturated carbocycles. The van der Waals surface area contributed by atoms with Gasteiger partial charge in [-0.05, 0) is 30.7 Å². The summed E-state index contributed by atoms with van der Waals surface area (Å²) in [6, 6.07) is 15.4. The van der Waals surface area contributed by atoms with Crippen molar-refractivity contribution in [2.45, 2.75) is 12.8 Å². The summed E-state index contributed by atoms with van der Waals surface area (Å²) < 4.78 is 41.0. The number of alkyl halides is 3. The Labute approximate surface area is 143 Å². The largest absolute Gasteiger partial charge is 0.573 e. The molecule has 0 aliphatic carbocycles. The smallest absolute Gasteiger partial charge is 0.404 e. The molecule has 0 saturated heterocycles. The van der Waals surface area contributed by atoms with Gasteiger partial charge in [0.25, 0.3) is 0 Å². The van der Waals surface area contributed by atoms with Gasteiger partial charge in [-0.3, -0.25) is 4.99 Å². The number of nitrogens with zero attached hydrogens (tertiary/aromatic N) is 1. The SMILES string of the molecule is NC(=NCCCNc1ccccc1)Nc1ccccc1OC(F)(F)F. The maximum atomic E-state index is 12.4. The summed E-state index contributed by atoms with van der Waals surface area (Å²) in [5, 5.41) is 5.85. The van der Waals surface area contributed by atoms with Crippen LogP contribution in [-0.2, 0) is 0 Å². The molecule has 0 spiro atoms. The number of guanidine groups is 1. The summed E-state index contributed by atoms with van der Waals surface area (Å²) in [5.41, 5.74) is 6.82. The fraction of sp³-hybridized carbons (Fsp3) is 0.235. The lowest BCUT2D eigenvalue weighted by atomic mass is 10.3. The molecule has 0 radical (unpaired) electrons. The number of ether oxygens (including phenoxy) is 1. The molecule has 4 N–H and O–H groups in total. The molecule has 0 bridgehead atoms. The van der Waals surface area contributed by atoms with E-state index in [-0.39, 0.29) is 17.4 Å². The lowest BCUT2D eigenvalue weighted by Crippen LogP contribution is -2.24. The van der Waals surface area contributed by atoms with Gasteiger partial charge >= 0.3 is 6.36 Å². The van der Waals surface area contributed by atoms with Crippen molar-refractivity contribution in [1.82, 2.24) is 0 Å².